The Morgan fingerprint density at radius 2 is 0.481 bits per heavy atom. The molecule has 0 saturated carbocycles. The van der Waals surface area contributed by atoms with Gasteiger partial charge in [0.1, 0.15) is 13.2 Å². The Morgan fingerprint density at radius 1 is 0.259 bits per heavy atom. The SMILES string of the molecule is CC/C=C\C/C=C\C/C=C\C/C=C\C/C=C\C/C=C\C/C=C\CCCCCC(=O)OCC(COC(=O)CCCCCCC/C=C\CCCCCCCC)OC(=O)CCCCCCCCCCCCCCCCCCCCCCCCC. The minimum atomic E-state index is -0.796. The summed E-state index contributed by atoms with van der Waals surface area (Å²) in [6, 6.07) is 0. The molecule has 6 heteroatoms. The van der Waals surface area contributed by atoms with Crippen LogP contribution in [-0.4, -0.2) is 37.2 Å². The second kappa shape index (κ2) is 68.8. The average molecular weight is 1130 g/mol. The zero-order chi connectivity index (χ0) is 58.5. The van der Waals surface area contributed by atoms with Gasteiger partial charge >= 0.3 is 17.9 Å². The number of ether oxygens (including phenoxy) is 3. The fraction of sp³-hybridized carbons (Fsp3) is 0.747. The molecule has 1 unspecified atom stereocenters. The lowest BCUT2D eigenvalue weighted by Gasteiger charge is -2.18. The fourth-order valence-electron chi connectivity index (χ4n) is 9.89. The van der Waals surface area contributed by atoms with Gasteiger partial charge in [-0.2, -0.15) is 0 Å². The third-order valence-electron chi connectivity index (χ3n) is 15.1. The number of hydrogen-bond donors (Lipinski definition) is 0. The van der Waals surface area contributed by atoms with Gasteiger partial charge in [0.05, 0.1) is 0 Å². The van der Waals surface area contributed by atoms with Crippen LogP contribution in [0, 0.1) is 0 Å². The van der Waals surface area contributed by atoms with Gasteiger partial charge in [-0.15, -0.1) is 0 Å². The molecule has 0 aliphatic carbocycles. The zero-order valence-corrected chi connectivity index (χ0v) is 53.5. The van der Waals surface area contributed by atoms with Crippen molar-refractivity contribution in [3.05, 3.63) is 97.2 Å². The lowest BCUT2D eigenvalue weighted by atomic mass is 10.0. The highest BCUT2D eigenvalue weighted by Crippen LogP contribution is 2.17. The van der Waals surface area contributed by atoms with Gasteiger partial charge in [0, 0.05) is 19.3 Å². The smallest absolute Gasteiger partial charge is 0.306 e. The van der Waals surface area contributed by atoms with E-state index in [9.17, 15) is 14.4 Å². The van der Waals surface area contributed by atoms with Gasteiger partial charge in [0.15, 0.2) is 6.10 Å². The monoisotopic (exact) mass is 1130 g/mol. The van der Waals surface area contributed by atoms with Crippen molar-refractivity contribution >= 4 is 17.9 Å². The van der Waals surface area contributed by atoms with Gasteiger partial charge in [0.25, 0.3) is 0 Å². The van der Waals surface area contributed by atoms with E-state index in [4.69, 9.17) is 14.2 Å². The van der Waals surface area contributed by atoms with E-state index in [1.54, 1.807) is 0 Å². The van der Waals surface area contributed by atoms with Crippen LogP contribution >= 0.6 is 0 Å². The Balaban J connectivity index is 4.40. The molecular weight excluding hydrogens is 997 g/mol. The van der Waals surface area contributed by atoms with Crippen molar-refractivity contribution in [2.75, 3.05) is 13.2 Å². The molecule has 0 fully saturated rings. The molecule has 81 heavy (non-hydrogen) atoms. The quantitative estimate of drug-likeness (QED) is 0.0261. The molecule has 0 saturated heterocycles. The number of carbonyl (C=O) groups is 3. The maximum Gasteiger partial charge on any atom is 0.306 e. The van der Waals surface area contributed by atoms with E-state index in [1.165, 1.54) is 186 Å². The summed E-state index contributed by atoms with van der Waals surface area (Å²) in [6.07, 6.45) is 92.8. The first-order chi connectivity index (χ1) is 40.0. The molecule has 0 aliphatic heterocycles. The molecule has 0 aromatic rings. The van der Waals surface area contributed by atoms with Crippen LogP contribution in [0.2, 0.25) is 0 Å². The first kappa shape index (κ1) is 77.3. The van der Waals surface area contributed by atoms with E-state index in [2.05, 4.69) is 118 Å². The number of hydrogen-bond acceptors (Lipinski definition) is 6. The second-order valence-electron chi connectivity index (χ2n) is 23.1. The average Bonchev–Trinajstić information content (AvgIpc) is 3.47. The molecule has 0 aliphatic rings. The molecular formula is C75H130O6. The van der Waals surface area contributed by atoms with Crippen LogP contribution in [-0.2, 0) is 28.6 Å². The first-order valence-corrected chi connectivity index (χ1v) is 34.7. The summed E-state index contributed by atoms with van der Waals surface area (Å²) >= 11 is 0. The summed E-state index contributed by atoms with van der Waals surface area (Å²) in [5, 5.41) is 0. The van der Waals surface area contributed by atoms with Crippen molar-refractivity contribution < 1.29 is 28.6 Å². The number of unbranched alkanes of at least 4 members (excludes halogenated alkanes) is 36. The molecule has 0 amide bonds. The molecule has 466 valence electrons. The highest BCUT2D eigenvalue weighted by Gasteiger charge is 2.19. The van der Waals surface area contributed by atoms with Gasteiger partial charge in [-0.25, -0.2) is 0 Å². The summed E-state index contributed by atoms with van der Waals surface area (Å²) in [6.45, 7) is 6.53. The fourth-order valence-corrected chi connectivity index (χ4v) is 9.89. The molecule has 0 aromatic heterocycles. The highest BCUT2D eigenvalue weighted by molar-refractivity contribution is 5.71. The normalized spacial score (nSPS) is 12.7. The van der Waals surface area contributed by atoms with Crippen molar-refractivity contribution in [2.24, 2.45) is 0 Å². The molecule has 0 spiro atoms. The van der Waals surface area contributed by atoms with Crippen molar-refractivity contribution in [3.8, 4) is 0 Å². The van der Waals surface area contributed by atoms with Gasteiger partial charge in [0.2, 0.25) is 0 Å². The van der Waals surface area contributed by atoms with Gasteiger partial charge in [-0.1, -0.05) is 317 Å². The predicted octanol–water partition coefficient (Wildman–Crippen LogP) is 24.0. The largest absolute Gasteiger partial charge is 0.462 e. The third-order valence-corrected chi connectivity index (χ3v) is 15.1. The van der Waals surface area contributed by atoms with Gasteiger partial charge in [-0.3, -0.25) is 14.4 Å². The van der Waals surface area contributed by atoms with Crippen molar-refractivity contribution in [3.63, 3.8) is 0 Å². The third kappa shape index (κ3) is 67.0. The second-order valence-corrected chi connectivity index (χ2v) is 23.1. The number of carbonyl (C=O) groups excluding carboxylic acids is 3. The Kier molecular flexibility index (Phi) is 65.7. The summed E-state index contributed by atoms with van der Waals surface area (Å²) in [4.78, 5) is 38.4. The minimum Gasteiger partial charge on any atom is -0.462 e. The number of allylic oxidation sites excluding steroid dienone is 16. The molecule has 0 heterocycles. The first-order valence-electron chi connectivity index (χ1n) is 34.7. The van der Waals surface area contributed by atoms with Crippen LogP contribution in [0.3, 0.4) is 0 Å². The molecule has 0 bridgehead atoms. The number of esters is 3. The molecule has 0 rings (SSSR count). The number of rotatable bonds is 63. The summed E-state index contributed by atoms with van der Waals surface area (Å²) in [5.74, 6) is -0.915. The standard InChI is InChI=1S/C75H130O6/c1-4-7-10-13-16-19-22-25-28-30-32-34-36-37-39-40-42-44-47-50-53-56-59-62-65-68-74(77)80-71-72(70-79-73(76)67-64-61-58-55-52-49-46-27-24-21-18-15-12-9-6-3)81-75(78)69-66-63-60-57-54-51-48-45-43-41-38-35-33-31-29-26-23-20-17-14-11-8-5-2/h7,10,16,19,25,27-28,32,34,37,39,42,44,46,50,53,72H,4-6,8-9,11-15,17-18,20-24,26,29-31,33,35-36,38,40-41,43,45,47-49,51-52,54-71H2,1-3H3/b10-7-,19-16-,28-25-,34-32-,39-37-,44-42-,46-27-,53-50-. The molecule has 0 aromatic carbocycles. The maximum absolute atomic E-state index is 13.0. The summed E-state index contributed by atoms with van der Waals surface area (Å²) < 4.78 is 17.0. The Morgan fingerprint density at radius 3 is 0.778 bits per heavy atom. The molecule has 6 nitrogen and oxygen atoms in total. The molecule has 0 N–H and O–H groups in total. The summed E-state index contributed by atoms with van der Waals surface area (Å²) in [7, 11) is 0. The highest BCUT2D eigenvalue weighted by atomic mass is 16.6. The van der Waals surface area contributed by atoms with Crippen LogP contribution in [0.1, 0.15) is 342 Å². The van der Waals surface area contributed by atoms with Gasteiger partial charge in [-0.05, 0) is 103 Å². The van der Waals surface area contributed by atoms with Crippen molar-refractivity contribution in [1.82, 2.24) is 0 Å². The maximum atomic E-state index is 13.0. The lowest BCUT2D eigenvalue weighted by molar-refractivity contribution is -0.167. The van der Waals surface area contributed by atoms with Crippen molar-refractivity contribution in [1.29, 1.82) is 0 Å². The van der Waals surface area contributed by atoms with E-state index < -0.39 is 6.10 Å². The Hall–Kier alpha value is -3.67. The van der Waals surface area contributed by atoms with E-state index >= 15 is 0 Å². The summed E-state index contributed by atoms with van der Waals surface area (Å²) in [5.41, 5.74) is 0. The van der Waals surface area contributed by atoms with Crippen LogP contribution in [0.5, 0.6) is 0 Å². The Labute approximate surface area is 502 Å². The minimum absolute atomic E-state index is 0.0900. The Bertz CT molecular complexity index is 1580. The van der Waals surface area contributed by atoms with Crippen LogP contribution in [0.15, 0.2) is 97.2 Å². The van der Waals surface area contributed by atoms with Crippen LogP contribution in [0.25, 0.3) is 0 Å². The van der Waals surface area contributed by atoms with E-state index in [-0.39, 0.29) is 31.1 Å². The lowest BCUT2D eigenvalue weighted by Crippen LogP contribution is -2.30. The predicted molar refractivity (Wildman–Crippen MR) is 353 cm³/mol. The van der Waals surface area contributed by atoms with Gasteiger partial charge < -0.3 is 14.2 Å². The van der Waals surface area contributed by atoms with Crippen LogP contribution in [0.4, 0.5) is 0 Å². The van der Waals surface area contributed by atoms with Crippen LogP contribution < -0.4 is 0 Å². The van der Waals surface area contributed by atoms with E-state index in [0.29, 0.717) is 19.3 Å². The topological polar surface area (TPSA) is 78.9 Å². The van der Waals surface area contributed by atoms with E-state index in [0.717, 1.165) is 116 Å². The molecule has 0 radical (unpaired) electrons. The van der Waals surface area contributed by atoms with Crippen molar-refractivity contribution in [2.45, 2.75) is 348 Å². The van der Waals surface area contributed by atoms with E-state index in [1.807, 2.05) is 0 Å². The molecule has 1 atom stereocenters. The zero-order valence-electron chi connectivity index (χ0n) is 53.5.